The van der Waals surface area contributed by atoms with Gasteiger partial charge in [0.2, 0.25) is 11.8 Å². The first kappa shape index (κ1) is 16.1. The number of nitrogens with zero attached hydrogens (tertiary/aromatic N) is 3. The fourth-order valence-corrected chi connectivity index (χ4v) is 4.12. The van der Waals surface area contributed by atoms with Crippen molar-refractivity contribution in [3.05, 3.63) is 18.3 Å². The first-order chi connectivity index (χ1) is 11.2. The summed E-state index contributed by atoms with van der Waals surface area (Å²) >= 11 is 1.61. The summed E-state index contributed by atoms with van der Waals surface area (Å²) in [5.41, 5.74) is 1.10. The Balaban J connectivity index is 1.62. The molecule has 0 radical (unpaired) electrons. The van der Waals surface area contributed by atoms with Crippen LogP contribution in [-0.4, -0.2) is 52.5 Å². The molecular formula is C16H22N4O2S. The molecule has 2 aliphatic rings. The molecule has 3 heterocycles. The van der Waals surface area contributed by atoms with E-state index in [0.29, 0.717) is 23.9 Å². The maximum absolute atomic E-state index is 12.4. The van der Waals surface area contributed by atoms with Gasteiger partial charge in [0.1, 0.15) is 11.9 Å². The van der Waals surface area contributed by atoms with E-state index >= 15 is 0 Å². The maximum atomic E-state index is 12.4. The molecule has 2 amide bonds. The van der Waals surface area contributed by atoms with Gasteiger partial charge in [-0.15, -0.1) is 11.8 Å². The summed E-state index contributed by atoms with van der Waals surface area (Å²) in [5, 5.41) is 2.83. The van der Waals surface area contributed by atoms with Crippen molar-refractivity contribution in [2.24, 2.45) is 0 Å². The molecule has 0 aromatic carbocycles. The molecule has 2 fully saturated rings. The minimum Gasteiger partial charge on any atom is -0.370 e. The number of carbonyl (C=O) groups excluding carboxylic acids is 2. The van der Waals surface area contributed by atoms with Crippen molar-refractivity contribution in [3.63, 3.8) is 0 Å². The highest BCUT2D eigenvalue weighted by atomic mass is 32.2. The quantitative estimate of drug-likeness (QED) is 0.911. The number of thioether (sulfide) groups is 1. The monoisotopic (exact) mass is 334 g/mol. The van der Waals surface area contributed by atoms with Gasteiger partial charge >= 0.3 is 0 Å². The fourth-order valence-electron chi connectivity index (χ4n) is 2.94. The Kier molecular flexibility index (Phi) is 5.05. The van der Waals surface area contributed by atoms with E-state index in [1.165, 1.54) is 12.8 Å². The lowest BCUT2D eigenvalue weighted by molar-refractivity contribution is -0.135. The first-order valence-corrected chi connectivity index (χ1v) is 9.23. The molecule has 7 heteroatoms. The smallest absolute Gasteiger partial charge is 0.249 e. The van der Waals surface area contributed by atoms with Crippen LogP contribution in [0.5, 0.6) is 0 Å². The molecule has 124 valence electrons. The number of anilines is 2. The summed E-state index contributed by atoms with van der Waals surface area (Å²) in [7, 11) is 0. The highest BCUT2D eigenvalue weighted by molar-refractivity contribution is 7.99. The summed E-state index contributed by atoms with van der Waals surface area (Å²) in [6.45, 7) is 3.96. The largest absolute Gasteiger partial charge is 0.370 e. The number of rotatable bonds is 4. The zero-order valence-corrected chi connectivity index (χ0v) is 14.1. The van der Waals surface area contributed by atoms with E-state index in [1.807, 2.05) is 19.1 Å². The van der Waals surface area contributed by atoms with Gasteiger partial charge in [-0.05, 0) is 25.0 Å². The zero-order chi connectivity index (χ0) is 16.2. The standard InChI is InChI=1S/C16H22N4O2S/c1-2-15(21)20-11-23-10-13(20)16(22)18-14-6-5-12(9-17-14)19-7-3-4-8-19/h5-6,9,13H,2-4,7-8,10-11H2,1H3,(H,17,18,22)/t13-/m1/s1. The molecule has 0 unspecified atom stereocenters. The Bertz CT molecular complexity index is 572. The van der Waals surface area contributed by atoms with Crippen molar-refractivity contribution in [1.82, 2.24) is 9.88 Å². The van der Waals surface area contributed by atoms with E-state index in [4.69, 9.17) is 0 Å². The van der Waals surface area contributed by atoms with E-state index in [-0.39, 0.29) is 11.8 Å². The molecule has 0 aliphatic carbocycles. The maximum Gasteiger partial charge on any atom is 0.249 e. The van der Waals surface area contributed by atoms with Crippen molar-refractivity contribution < 1.29 is 9.59 Å². The molecule has 3 rings (SSSR count). The molecule has 23 heavy (non-hydrogen) atoms. The van der Waals surface area contributed by atoms with E-state index in [9.17, 15) is 9.59 Å². The number of hydrogen-bond acceptors (Lipinski definition) is 5. The highest BCUT2D eigenvalue weighted by Gasteiger charge is 2.33. The molecule has 1 N–H and O–H groups in total. The predicted octanol–water partition coefficient (Wildman–Crippen LogP) is 1.93. The van der Waals surface area contributed by atoms with Crippen molar-refractivity contribution >= 4 is 35.1 Å². The van der Waals surface area contributed by atoms with Gasteiger partial charge in [-0.3, -0.25) is 9.59 Å². The van der Waals surface area contributed by atoms with Crippen LogP contribution in [0.25, 0.3) is 0 Å². The summed E-state index contributed by atoms with van der Waals surface area (Å²) in [4.78, 5) is 32.6. The van der Waals surface area contributed by atoms with Crippen LogP contribution in [0.3, 0.4) is 0 Å². The van der Waals surface area contributed by atoms with Gasteiger partial charge in [0, 0.05) is 25.3 Å². The summed E-state index contributed by atoms with van der Waals surface area (Å²) in [5.74, 6) is 1.64. The third kappa shape index (κ3) is 3.60. The molecule has 1 atom stereocenters. The minimum absolute atomic E-state index is 0.0208. The van der Waals surface area contributed by atoms with Crippen LogP contribution in [0.2, 0.25) is 0 Å². The van der Waals surface area contributed by atoms with Crippen LogP contribution in [0, 0.1) is 0 Å². The second-order valence-electron chi connectivity index (χ2n) is 5.82. The minimum atomic E-state index is -0.396. The molecule has 1 aromatic rings. The third-order valence-electron chi connectivity index (χ3n) is 4.28. The van der Waals surface area contributed by atoms with E-state index in [2.05, 4.69) is 15.2 Å². The molecule has 1 aromatic heterocycles. The normalized spacial score (nSPS) is 20.8. The summed E-state index contributed by atoms with van der Waals surface area (Å²) in [6, 6.07) is 3.43. The summed E-state index contributed by atoms with van der Waals surface area (Å²) < 4.78 is 0. The predicted molar refractivity (Wildman–Crippen MR) is 92.6 cm³/mol. The molecular weight excluding hydrogens is 312 g/mol. The number of carbonyl (C=O) groups is 2. The molecule has 0 spiro atoms. The Morgan fingerprint density at radius 2 is 2.13 bits per heavy atom. The van der Waals surface area contributed by atoms with Gasteiger partial charge in [0.25, 0.3) is 0 Å². The number of aromatic nitrogens is 1. The lowest BCUT2D eigenvalue weighted by atomic mass is 10.2. The Morgan fingerprint density at radius 1 is 1.35 bits per heavy atom. The van der Waals surface area contributed by atoms with Crippen LogP contribution >= 0.6 is 11.8 Å². The molecule has 2 saturated heterocycles. The number of pyridine rings is 1. The number of nitrogens with one attached hydrogen (secondary N) is 1. The number of amides is 2. The van der Waals surface area contributed by atoms with Gasteiger partial charge in [-0.1, -0.05) is 6.92 Å². The van der Waals surface area contributed by atoms with Crippen LogP contribution in [-0.2, 0) is 9.59 Å². The van der Waals surface area contributed by atoms with Crippen LogP contribution in [0.4, 0.5) is 11.5 Å². The Hall–Kier alpha value is -1.76. The Labute approximate surface area is 140 Å². The number of hydrogen-bond donors (Lipinski definition) is 1. The van der Waals surface area contributed by atoms with Gasteiger partial charge in [0.05, 0.1) is 17.8 Å². The van der Waals surface area contributed by atoms with E-state index < -0.39 is 6.04 Å². The van der Waals surface area contributed by atoms with Crippen LogP contribution in [0.15, 0.2) is 18.3 Å². The molecule has 0 saturated carbocycles. The fraction of sp³-hybridized carbons (Fsp3) is 0.562. The lowest BCUT2D eigenvalue weighted by Gasteiger charge is -2.22. The van der Waals surface area contributed by atoms with Gasteiger partial charge in [-0.2, -0.15) is 0 Å². The van der Waals surface area contributed by atoms with Gasteiger partial charge < -0.3 is 15.1 Å². The average molecular weight is 334 g/mol. The summed E-state index contributed by atoms with van der Waals surface area (Å²) in [6.07, 6.45) is 4.67. The molecule has 0 bridgehead atoms. The van der Waals surface area contributed by atoms with Crippen LogP contribution in [0.1, 0.15) is 26.2 Å². The second-order valence-corrected chi connectivity index (χ2v) is 6.82. The van der Waals surface area contributed by atoms with Crippen LogP contribution < -0.4 is 10.2 Å². The topological polar surface area (TPSA) is 65.5 Å². The highest BCUT2D eigenvalue weighted by Crippen LogP contribution is 2.24. The van der Waals surface area contributed by atoms with Crippen molar-refractivity contribution in [2.75, 3.05) is 34.9 Å². The molecule has 6 nitrogen and oxygen atoms in total. The van der Waals surface area contributed by atoms with E-state index in [0.717, 1.165) is 18.8 Å². The first-order valence-electron chi connectivity index (χ1n) is 8.08. The third-order valence-corrected chi connectivity index (χ3v) is 5.29. The average Bonchev–Trinajstić information content (AvgIpc) is 3.26. The SMILES string of the molecule is CCC(=O)N1CSC[C@@H]1C(=O)Nc1ccc(N2CCCC2)cn1. The Morgan fingerprint density at radius 3 is 2.78 bits per heavy atom. The zero-order valence-electron chi connectivity index (χ0n) is 13.3. The van der Waals surface area contributed by atoms with Gasteiger partial charge in [-0.25, -0.2) is 4.98 Å². The second kappa shape index (κ2) is 7.21. The van der Waals surface area contributed by atoms with Crippen molar-refractivity contribution in [3.8, 4) is 0 Å². The van der Waals surface area contributed by atoms with E-state index in [1.54, 1.807) is 22.9 Å². The van der Waals surface area contributed by atoms with Crippen molar-refractivity contribution in [1.29, 1.82) is 0 Å². The lowest BCUT2D eigenvalue weighted by Crippen LogP contribution is -2.44. The van der Waals surface area contributed by atoms with Gasteiger partial charge in [0.15, 0.2) is 0 Å². The molecule has 2 aliphatic heterocycles. The van der Waals surface area contributed by atoms with Crippen molar-refractivity contribution in [2.45, 2.75) is 32.2 Å².